The molecule has 0 saturated carbocycles. The Labute approximate surface area is 105 Å². The van der Waals surface area contributed by atoms with Crippen LogP contribution in [0.2, 0.25) is 0 Å². The number of allylic oxidation sites excluding steroid dienone is 1. The van der Waals surface area contributed by atoms with Crippen molar-refractivity contribution in [2.75, 3.05) is 26.3 Å². The molecule has 0 aromatic heterocycles. The van der Waals surface area contributed by atoms with Gasteiger partial charge in [-0.3, -0.25) is 9.69 Å². The maximum atomic E-state index is 12.4. The third kappa shape index (κ3) is 3.65. The number of carbonyl (C=O) groups excluding carboxylic acids is 1. The molecule has 1 fully saturated rings. The van der Waals surface area contributed by atoms with E-state index in [-0.39, 0.29) is 5.54 Å². The maximum absolute atomic E-state index is 12.4. The summed E-state index contributed by atoms with van der Waals surface area (Å²) in [6, 6.07) is 0. The highest BCUT2D eigenvalue weighted by Gasteiger charge is 2.37. The quantitative estimate of drug-likeness (QED) is 0.667. The Morgan fingerprint density at radius 3 is 2.41 bits per heavy atom. The molecule has 1 atom stereocenters. The fourth-order valence-electron chi connectivity index (χ4n) is 2.25. The molecule has 0 radical (unpaired) electrons. The second-order valence-corrected chi connectivity index (χ2v) is 5.11. The minimum Gasteiger partial charge on any atom is -0.379 e. The van der Waals surface area contributed by atoms with Crippen molar-refractivity contribution in [3.8, 4) is 0 Å². The predicted octanol–water partition coefficient (Wildman–Crippen LogP) is 2.41. The number of ketones is 1. The minimum absolute atomic E-state index is 0.320. The van der Waals surface area contributed by atoms with Crippen molar-refractivity contribution in [3.63, 3.8) is 0 Å². The molecule has 17 heavy (non-hydrogen) atoms. The number of nitrogens with zero attached hydrogens (tertiary/aromatic N) is 1. The van der Waals surface area contributed by atoms with Crippen LogP contribution in [0, 0.1) is 0 Å². The van der Waals surface area contributed by atoms with E-state index in [1.54, 1.807) is 0 Å². The first-order chi connectivity index (χ1) is 8.00. The zero-order chi connectivity index (χ0) is 12.9. The molecule has 0 amide bonds. The number of morpholine rings is 1. The largest absolute Gasteiger partial charge is 0.379 e. The molecule has 0 bridgehead atoms. The first-order valence-electron chi connectivity index (χ1n) is 6.51. The lowest BCUT2D eigenvalue weighted by atomic mass is 9.87. The Bertz CT molecular complexity index is 282. The van der Waals surface area contributed by atoms with Gasteiger partial charge in [-0.25, -0.2) is 0 Å². The van der Waals surface area contributed by atoms with Gasteiger partial charge in [-0.05, 0) is 26.7 Å². The molecule has 0 aromatic rings. The number of rotatable bonds is 6. The zero-order valence-corrected chi connectivity index (χ0v) is 11.4. The minimum atomic E-state index is -0.320. The fraction of sp³-hybridized carbons (Fsp3) is 0.786. The molecule has 1 heterocycles. The molecule has 1 unspecified atom stereocenters. The summed E-state index contributed by atoms with van der Waals surface area (Å²) in [4.78, 5) is 14.7. The van der Waals surface area contributed by atoms with E-state index in [2.05, 4.69) is 25.3 Å². The molecule has 1 saturated heterocycles. The fourth-order valence-corrected chi connectivity index (χ4v) is 2.25. The van der Waals surface area contributed by atoms with Gasteiger partial charge in [0, 0.05) is 19.5 Å². The van der Waals surface area contributed by atoms with E-state index in [9.17, 15) is 4.79 Å². The summed E-state index contributed by atoms with van der Waals surface area (Å²) in [5.74, 6) is 0.338. The van der Waals surface area contributed by atoms with Gasteiger partial charge in [-0.2, -0.15) is 0 Å². The molecular formula is C14H25NO2. The highest BCUT2D eigenvalue weighted by Crippen LogP contribution is 2.24. The van der Waals surface area contributed by atoms with Crippen LogP contribution in [0.1, 0.15) is 40.0 Å². The molecule has 0 aromatic carbocycles. The third-order valence-corrected chi connectivity index (χ3v) is 3.78. The highest BCUT2D eigenvalue weighted by molar-refractivity contribution is 5.88. The van der Waals surface area contributed by atoms with Crippen LogP contribution >= 0.6 is 0 Å². The molecular weight excluding hydrogens is 214 g/mol. The van der Waals surface area contributed by atoms with Crippen molar-refractivity contribution in [1.29, 1.82) is 0 Å². The smallest absolute Gasteiger partial charge is 0.153 e. The summed E-state index contributed by atoms with van der Waals surface area (Å²) in [6.45, 7) is 13.2. The lowest BCUT2D eigenvalue weighted by Gasteiger charge is -2.41. The van der Waals surface area contributed by atoms with Gasteiger partial charge < -0.3 is 4.74 Å². The average molecular weight is 239 g/mol. The molecule has 1 aliphatic heterocycles. The summed E-state index contributed by atoms with van der Waals surface area (Å²) >= 11 is 0. The van der Waals surface area contributed by atoms with Gasteiger partial charge in [0.05, 0.1) is 18.8 Å². The van der Waals surface area contributed by atoms with E-state index >= 15 is 0 Å². The Hall–Kier alpha value is -0.670. The molecule has 0 N–H and O–H groups in total. The SMILES string of the molecule is C=C(C)CCC(=O)C(C)(CC)N1CCOCC1. The van der Waals surface area contributed by atoms with Gasteiger partial charge in [0.25, 0.3) is 0 Å². The van der Waals surface area contributed by atoms with Gasteiger partial charge >= 0.3 is 0 Å². The van der Waals surface area contributed by atoms with Crippen molar-refractivity contribution >= 4 is 5.78 Å². The van der Waals surface area contributed by atoms with E-state index in [1.165, 1.54) is 0 Å². The van der Waals surface area contributed by atoms with Crippen molar-refractivity contribution in [2.24, 2.45) is 0 Å². The number of ether oxygens (including phenoxy) is 1. The molecule has 1 aliphatic rings. The Morgan fingerprint density at radius 2 is 1.94 bits per heavy atom. The lowest BCUT2D eigenvalue weighted by molar-refractivity contribution is -0.133. The van der Waals surface area contributed by atoms with Gasteiger partial charge in [0.15, 0.2) is 5.78 Å². The van der Waals surface area contributed by atoms with Crippen LogP contribution < -0.4 is 0 Å². The van der Waals surface area contributed by atoms with Crippen molar-refractivity contribution in [1.82, 2.24) is 4.90 Å². The summed E-state index contributed by atoms with van der Waals surface area (Å²) < 4.78 is 5.35. The topological polar surface area (TPSA) is 29.5 Å². The molecule has 0 spiro atoms. The number of hydrogen-bond donors (Lipinski definition) is 0. The molecule has 3 heteroatoms. The van der Waals surface area contributed by atoms with Crippen LogP contribution in [0.25, 0.3) is 0 Å². The Kier molecular flexibility index (Phi) is 5.34. The normalized spacial score (nSPS) is 20.9. The molecule has 1 rings (SSSR count). The van der Waals surface area contributed by atoms with Crippen LogP contribution in [0.15, 0.2) is 12.2 Å². The van der Waals surface area contributed by atoms with E-state index in [0.29, 0.717) is 12.2 Å². The lowest BCUT2D eigenvalue weighted by Crippen LogP contribution is -2.56. The van der Waals surface area contributed by atoms with Crippen LogP contribution in [0.3, 0.4) is 0 Å². The van der Waals surface area contributed by atoms with Crippen LogP contribution in [-0.4, -0.2) is 42.5 Å². The number of hydrogen-bond acceptors (Lipinski definition) is 3. The monoisotopic (exact) mass is 239 g/mol. The van der Waals surface area contributed by atoms with Crippen LogP contribution in [0.4, 0.5) is 0 Å². The first kappa shape index (κ1) is 14.4. The van der Waals surface area contributed by atoms with Gasteiger partial charge in [0.1, 0.15) is 0 Å². The first-order valence-corrected chi connectivity index (χ1v) is 6.51. The molecule has 98 valence electrons. The summed E-state index contributed by atoms with van der Waals surface area (Å²) in [5, 5.41) is 0. The van der Waals surface area contributed by atoms with E-state index in [1.807, 2.05) is 6.92 Å². The van der Waals surface area contributed by atoms with Crippen LogP contribution in [0.5, 0.6) is 0 Å². The maximum Gasteiger partial charge on any atom is 0.153 e. The van der Waals surface area contributed by atoms with Crippen molar-refractivity contribution < 1.29 is 9.53 Å². The standard InChI is InChI=1S/C14H25NO2/c1-5-14(4,13(16)7-6-12(2)3)15-8-10-17-11-9-15/h2,5-11H2,1,3-4H3. The number of carbonyl (C=O) groups is 1. The van der Waals surface area contributed by atoms with Crippen molar-refractivity contribution in [3.05, 3.63) is 12.2 Å². The van der Waals surface area contributed by atoms with E-state index < -0.39 is 0 Å². The second kappa shape index (κ2) is 6.31. The average Bonchev–Trinajstić information content (AvgIpc) is 2.35. The predicted molar refractivity (Wildman–Crippen MR) is 70.1 cm³/mol. The van der Waals surface area contributed by atoms with E-state index in [4.69, 9.17) is 4.74 Å². The van der Waals surface area contributed by atoms with E-state index in [0.717, 1.165) is 44.7 Å². The Morgan fingerprint density at radius 1 is 1.35 bits per heavy atom. The molecule has 3 nitrogen and oxygen atoms in total. The van der Waals surface area contributed by atoms with Crippen molar-refractivity contribution in [2.45, 2.75) is 45.6 Å². The third-order valence-electron chi connectivity index (χ3n) is 3.78. The zero-order valence-electron chi connectivity index (χ0n) is 11.4. The number of Topliss-reactive ketones (excluding diaryl/α,β-unsaturated/α-hetero) is 1. The summed E-state index contributed by atoms with van der Waals surface area (Å²) in [6.07, 6.45) is 2.28. The summed E-state index contributed by atoms with van der Waals surface area (Å²) in [5.41, 5.74) is 0.762. The molecule has 0 aliphatic carbocycles. The van der Waals surface area contributed by atoms with Gasteiger partial charge in [-0.1, -0.05) is 12.5 Å². The summed E-state index contributed by atoms with van der Waals surface area (Å²) in [7, 11) is 0. The highest BCUT2D eigenvalue weighted by atomic mass is 16.5. The van der Waals surface area contributed by atoms with Gasteiger partial charge in [0.2, 0.25) is 0 Å². The van der Waals surface area contributed by atoms with Crippen LogP contribution in [-0.2, 0) is 9.53 Å². The van der Waals surface area contributed by atoms with Gasteiger partial charge in [-0.15, -0.1) is 6.58 Å². The Balaban J connectivity index is 2.64. The second-order valence-electron chi connectivity index (χ2n) is 5.11.